The average molecular weight is 268 g/mol. The molecule has 0 heterocycles. The molecule has 1 rings (SSSR count). The molecule has 0 spiro atoms. The number of alkyl halides is 3. The molecule has 0 unspecified atom stereocenters. The van der Waals surface area contributed by atoms with Crippen molar-refractivity contribution in [2.75, 3.05) is 4.43 Å². The standard InChI is InChI=1S/C8H7F2I/c9-8(10,6-11)7-4-2-1-3-5-7/h1-5H,6H2. The summed E-state index contributed by atoms with van der Waals surface area (Å²) in [6.07, 6.45) is 0. The van der Waals surface area contributed by atoms with Gasteiger partial charge in [-0.2, -0.15) is 0 Å². The van der Waals surface area contributed by atoms with E-state index in [1.807, 2.05) is 0 Å². The van der Waals surface area contributed by atoms with Gasteiger partial charge in [0.05, 0.1) is 4.43 Å². The number of halogens is 3. The molecule has 0 bridgehead atoms. The topological polar surface area (TPSA) is 0 Å². The normalized spacial score (nSPS) is 11.5. The molecule has 0 amide bonds. The molecule has 1 aromatic rings. The summed E-state index contributed by atoms with van der Waals surface area (Å²) in [5.41, 5.74) is 0.0920. The van der Waals surface area contributed by atoms with Crippen LogP contribution >= 0.6 is 22.6 Å². The Morgan fingerprint density at radius 2 is 1.73 bits per heavy atom. The fourth-order valence-electron chi connectivity index (χ4n) is 0.759. The molecule has 0 saturated heterocycles. The summed E-state index contributed by atoms with van der Waals surface area (Å²) in [5.74, 6) is -2.68. The third kappa shape index (κ3) is 2.12. The van der Waals surface area contributed by atoms with Gasteiger partial charge in [0.1, 0.15) is 0 Å². The van der Waals surface area contributed by atoms with Crippen molar-refractivity contribution in [3.8, 4) is 0 Å². The summed E-state index contributed by atoms with van der Waals surface area (Å²) in [5, 5.41) is 0. The zero-order valence-electron chi connectivity index (χ0n) is 5.73. The van der Waals surface area contributed by atoms with Crippen LogP contribution in [-0.2, 0) is 5.92 Å². The van der Waals surface area contributed by atoms with Crippen molar-refractivity contribution < 1.29 is 8.78 Å². The van der Waals surface area contributed by atoms with Crippen LogP contribution in [0.4, 0.5) is 8.78 Å². The van der Waals surface area contributed by atoms with Gasteiger partial charge in [-0.1, -0.05) is 52.9 Å². The van der Waals surface area contributed by atoms with Gasteiger partial charge in [-0.05, 0) is 0 Å². The van der Waals surface area contributed by atoms with E-state index in [-0.39, 0.29) is 9.99 Å². The van der Waals surface area contributed by atoms with Crippen LogP contribution in [-0.4, -0.2) is 4.43 Å². The Bertz CT molecular complexity index is 221. The molecule has 11 heavy (non-hydrogen) atoms. The minimum absolute atomic E-state index is 0.0920. The van der Waals surface area contributed by atoms with Crippen LogP contribution in [0.25, 0.3) is 0 Å². The van der Waals surface area contributed by atoms with Crippen molar-refractivity contribution in [2.24, 2.45) is 0 Å². The van der Waals surface area contributed by atoms with Gasteiger partial charge in [-0.3, -0.25) is 0 Å². The van der Waals surface area contributed by atoms with E-state index < -0.39 is 5.92 Å². The van der Waals surface area contributed by atoms with E-state index in [9.17, 15) is 8.78 Å². The van der Waals surface area contributed by atoms with Crippen molar-refractivity contribution in [3.05, 3.63) is 35.9 Å². The molecule has 0 aliphatic carbocycles. The maximum absolute atomic E-state index is 12.9. The second kappa shape index (κ2) is 3.47. The predicted molar refractivity (Wildman–Crippen MR) is 49.2 cm³/mol. The van der Waals surface area contributed by atoms with Crippen LogP contribution in [0.5, 0.6) is 0 Å². The highest BCUT2D eigenvalue weighted by Gasteiger charge is 2.28. The third-order valence-corrected chi connectivity index (χ3v) is 2.32. The van der Waals surface area contributed by atoms with Crippen LogP contribution < -0.4 is 0 Å². The maximum Gasteiger partial charge on any atom is 0.282 e. The molecule has 0 nitrogen and oxygen atoms in total. The van der Waals surface area contributed by atoms with E-state index in [0.29, 0.717) is 0 Å². The van der Waals surface area contributed by atoms with E-state index in [1.165, 1.54) is 12.1 Å². The van der Waals surface area contributed by atoms with Gasteiger partial charge in [-0.15, -0.1) is 0 Å². The Hall–Kier alpha value is -0.190. The summed E-state index contributed by atoms with van der Waals surface area (Å²) in [4.78, 5) is 0. The molecule has 0 aromatic heterocycles. The van der Waals surface area contributed by atoms with Crippen molar-refractivity contribution in [2.45, 2.75) is 5.92 Å². The smallest absolute Gasteiger partial charge is 0.200 e. The summed E-state index contributed by atoms with van der Waals surface area (Å²) in [6.45, 7) is 0. The minimum Gasteiger partial charge on any atom is -0.200 e. The van der Waals surface area contributed by atoms with Crippen LogP contribution in [0.1, 0.15) is 5.56 Å². The molecule has 0 radical (unpaired) electrons. The third-order valence-electron chi connectivity index (χ3n) is 1.36. The van der Waals surface area contributed by atoms with Gasteiger partial charge >= 0.3 is 0 Å². The lowest BCUT2D eigenvalue weighted by Gasteiger charge is -2.12. The number of hydrogen-bond donors (Lipinski definition) is 0. The van der Waals surface area contributed by atoms with Gasteiger partial charge in [-0.25, -0.2) is 8.78 Å². The predicted octanol–water partition coefficient (Wildman–Crippen LogP) is 3.21. The highest BCUT2D eigenvalue weighted by Crippen LogP contribution is 2.29. The number of hydrogen-bond acceptors (Lipinski definition) is 0. The van der Waals surface area contributed by atoms with Crippen molar-refractivity contribution >= 4 is 22.6 Å². The SMILES string of the molecule is FC(F)(CI)c1ccccc1. The summed E-state index contributed by atoms with van der Waals surface area (Å²) >= 11 is 1.68. The molecule has 0 fully saturated rings. The average Bonchev–Trinajstić information content (AvgIpc) is 2.06. The monoisotopic (exact) mass is 268 g/mol. The van der Waals surface area contributed by atoms with E-state index >= 15 is 0 Å². The lowest BCUT2D eigenvalue weighted by molar-refractivity contribution is 0.0265. The summed E-state index contributed by atoms with van der Waals surface area (Å²) in [7, 11) is 0. The van der Waals surface area contributed by atoms with E-state index in [0.717, 1.165) is 0 Å². The summed E-state index contributed by atoms with van der Waals surface area (Å²) < 4.78 is 25.6. The molecule has 3 heteroatoms. The van der Waals surface area contributed by atoms with Crippen LogP contribution in [0.15, 0.2) is 30.3 Å². The zero-order valence-corrected chi connectivity index (χ0v) is 7.89. The van der Waals surface area contributed by atoms with Gasteiger partial charge in [0.25, 0.3) is 5.92 Å². The Balaban J connectivity index is 2.93. The van der Waals surface area contributed by atoms with Gasteiger partial charge in [0.15, 0.2) is 0 Å². The Morgan fingerprint density at radius 3 is 2.18 bits per heavy atom. The molecule has 0 atom stereocenters. The molecule has 0 aliphatic heterocycles. The highest BCUT2D eigenvalue weighted by molar-refractivity contribution is 14.1. The molecule has 60 valence electrons. The zero-order chi connectivity index (χ0) is 8.32. The lowest BCUT2D eigenvalue weighted by atomic mass is 10.1. The molecule has 0 N–H and O–H groups in total. The Morgan fingerprint density at radius 1 is 1.18 bits per heavy atom. The second-order valence-electron chi connectivity index (χ2n) is 2.20. The molecular formula is C8H7F2I. The largest absolute Gasteiger partial charge is 0.282 e. The minimum atomic E-state index is -2.68. The molecular weight excluding hydrogens is 261 g/mol. The van der Waals surface area contributed by atoms with Gasteiger partial charge in [0.2, 0.25) is 0 Å². The quantitative estimate of drug-likeness (QED) is 0.570. The van der Waals surface area contributed by atoms with Crippen molar-refractivity contribution in [1.29, 1.82) is 0 Å². The van der Waals surface area contributed by atoms with Crippen molar-refractivity contribution in [3.63, 3.8) is 0 Å². The first-order valence-electron chi connectivity index (χ1n) is 3.16. The van der Waals surface area contributed by atoms with Gasteiger partial charge < -0.3 is 0 Å². The Labute approximate surface area is 77.8 Å². The van der Waals surface area contributed by atoms with Crippen molar-refractivity contribution in [1.82, 2.24) is 0 Å². The van der Waals surface area contributed by atoms with E-state index in [4.69, 9.17) is 0 Å². The molecule has 0 aliphatic rings. The van der Waals surface area contributed by atoms with Crippen LogP contribution in [0, 0.1) is 0 Å². The lowest BCUT2D eigenvalue weighted by Crippen LogP contribution is -2.14. The number of benzene rings is 1. The fraction of sp³-hybridized carbons (Fsp3) is 0.250. The van der Waals surface area contributed by atoms with E-state index in [1.54, 1.807) is 40.8 Å². The second-order valence-corrected chi connectivity index (χ2v) is 2.97. The fourth-order valence-corrected chi connectivity index (χ4v) is 1.20. The van der Waals surface area contributed by atoms with Gasteiger partial charge in [0, 0.05) is 5.56 Å². The Kier molecular flexibility index (Phi) is 2.81. The summed E-state index contributed by atoms with van der Waals surface area (Å²) in [6, 6.07) is 7.86. The molecule has 0 saturated carbocycles. The van der Waals surface area contributed by atoms with Crippen LogP contribution in [0.2, 0.25) is 0 Å². The first-order chi connectivity index (χ1) is 5.17. The number of rotatable bonds is 2. The first kappa shape index (κ1) is 8.90. The first-order valence-corrected chi connectivity index (χ1v) is 4.69. The highest BCUT2D eigenvalue weighted by atomic mass is 127. The van der Waals surface area contributed by atoms with E-state index in [2.05, 4.69) is 0 Å². The van der Waals surface area contributed by atoms with Crippen LogP contribution in [0.3, 0.4) is 0 Å². The molecule has 1 aromatic carbocycles. The maximum atomic E-state index is 12.9.